The molecule has 0 amide bonds. The largest absolute Gasteiger partial charge is 0.192 e. The van der Waals surface area contributed by atoms with E-state index in [1.54, 1.807) is 11.3 Å². The summed E-state index contributed by atoms with van der Waals surface area (Å²) in [4.78, 5) is 0.795. The van der Waals surface area contributed by atoms with Crippen LogP contribution in [0, 0.1) is 11.3 Å². The van der Waals surface area contributed by atoms with Gasteiger partial charge in [-0.3, -0.25) is 0 Å². The molecule has 0 aliphatic rings. The Balaban J connectivity index is 2.65. The summed E-state index contributed by atoms with van der Waals surface area (Å²) in [5.41, 5.74) is 1.33. The van der Waals surface area contributed by atoms with Crippen molar-refractivity contribution in [1.82, 2.24) is 0 Å². The lowest BCUT2D eigenvalue weighted by atomic mass is 10.1. The first-order valence-electron chi connectivity index (χ1n) is 4.26. The van der Waals surface area contributed by atoms with Crippen molar-refractivity contribution in [2.24, 2.45) is 0 Å². The van der Waals surface area contributed by atoms with E-state index in [-0.39, 0.29) is 0 Å². The molecular weight excluding hydrogens is 178 g/mol. The second-order valence-corrected chi connectivity index (χ2v) is 4.03. The second-order valence-electron chi connectivity index (χ2n) is 2.95. The quantitative estimate of drug-likeness (QED) is 0.671. The summed E-state index contributed by atoms with van der Waals surface area (Å²) in [6.07, 6.45) is 1.05. The molecule has 13 heavy (non-hydrogen) atoms. The molecule has 0 saturated heterocycles. The van der Waals surface area contributed by atoms with Crippen LogP contribution in [-0.4, -0.2) is 0 Å². The van der Waals surface area contributed by atoms with Gasteiger partial charge >= 0.3 is 0 Å². The van der Waals surface area contributed by atoms with E-state index in [2.05, 4.69) is 31.2 Å². The summed E-state index contributed by atoms with van der Waals surface area (Å²) >= 11 is 1.56. The summed E-state index contributed by atoms with van der Waals surface area (Å²) in [5, 5.41) is 9.92. The fraction of sp³-hybridized carbons (Fsp3) is 0.182. The first-order valence-corrected chi connectivity index (χ1v) is 5.07. The zero-order chi connectivity index (χ0) is 9.26. The first-order chi connectivity index (χ1) is 6.33. The van der Waals surface area contributed by atoms with Crippen LogP contribution in [0.4, 0.5) is 0 Å². The predicted molar refractivity (Wildman–Crippen MR) is 55.9 cm³/mol. The van der Waals surface area contributed by atoms with Gasteiger partial charge in [0.1, 0.15) is 10.9 Å². The minimum absolute atomic E-state index is 0.795. The summed E-state index contributed by atoms with van der Waals surface area (Å²) < 4.78 is 1.20. The van der Waals surface area contributed by atoms with Crippen molar-refractivity contribution in [3.63, 3.8) is 0 Å². The molecule has 0 radical (unpaired) electrons. The number of hydrogen-bond acceptors (Lipinski definition) is 2. The van der Waals surface area contributed by atoms with E-state index in [1.165, 1.54) is 15.6 Å². The van der Waals surface area contributed by atoms with E-state index in [9.17, 15) is 0 Å². The number of benzene rings is 1. The number of hydrogen-bond donors (Lipinski definition) is 0. The van der Waals surface area contributed by atoms with Gasteiger partial charge in [0.05, 0.1) is 0 Å². The fourth-order valence-electron chi connectivity index (χ4n) is 1.37. The van der Waals surface area contributed by atoms with E-state index >= 15 is 0 Å². The zero-order valence-electron chi connectivity index (χ0n) is 7.37. The van der Waals surface area contributed by atoms with Crippen LogP contribution < -0.4 is 0 Å². The molecular formula is C11H9NS. The first kappa shape index (κ1) is 8.28. The highest BCUT2D eigenvalue weighted by molar-refractivity contribution is 7.19. The molecule has 0 unspecified atom stereocenters. The molecule has 0 spiro atoms. The van der Waals surface area contributed by atoms with Crippen LogP contribution in [0.2, 0.25) is 0 Å². The van der Waals surface area contributed by atoms with Gasteiger partial charge in [0, 0.05) is 4.70 Å². The lowest BCUT2D eigenvalue weighted by Crippen LogP contribution is -1.76. The van der Waals surface area contributed by atoms with Crippen molar-refractivity contribution < 1.29 is 0 Å². The van der Waals surface area contributed by atoms with Crippen LogP contribution in [0.3, 0.4) is 0 Å². The molecule has 0 atom stereocenters. The zero-order valence-corrected chi connectivity index (χ0v) is 8.19. The standard InChI is InChI=1S/C11H9NS/c1-2-8-3-4-11-9(5-8)6-10(7-12)13-11/h3-6H,2H2,1H3. The number of aryl methyl sites for hydroxylation is 1. The van der Waals surface area contributed by atoms with Gasteiger partial charge in [0.25, 0.3) is 0 Å². The van der Waals surface area contributed by atoms with E-state index < -0.39 is 0 Å². The third-order valence-corrected chi connectivity index (χ3v) is 3.12. The molecule has 2 aromatic rings. The van der Waals surface area contributed by atoms with E-state index in [4.69, 9.17) is 5.26 Å². The molecule has 1 nitrogen and oxygen atoms in total. The smallest absolute Gasteiger partial charge is 0.110 e. The average Bonchev–Trinajstić information content (AvgIpc) is 2.58. The van der Waals surface area contributed by atoms with Crippen molar-refractivity contribution >= 4 is 21.4 Å². The third kappa shape index (κ3) is 1.43. The summed E-state index contributed by atoms with van der Waals surface area (Å²) in [6.45, 7) is 2.14. The SMILES string of the molecule is CCc1ccc2sc(C#N)cc2c1. The Morgan fingerprint density at radius 2 is 2.23 bits per heavy atom. The van der Waals surface area contributed by atoms with Gasteiger partial charge in [-0.1, -0.05) is 19.1 Å². The molecule has 0 saturated carbocycles. The van der Waals surface area contributed by atoms with E-state index in [1.807, 2.05) is 6.07 Å². The third-order valence-electron chi connectivity index (χ3n) is 2.10. The van der Waals surface area contributed by atoms with Crippen LogP contribution in [-0.2, 0) is 6.42 Å². The van der Waals surface area contributed by atoms with Crippen LogP contribution >= 0.6 is 11.3 Å². The van der Waals surface area contributed by atoms with Crippen molar-refractivity contribution in [3.05, 3.63) is 34.7 Å². The summed E-state index contributed by atoms with van der Waals surface area (Å²) in [6, 6.07) is 10.5. The van der Waals surface area contributed by atoms with Crippen LogP contribution in [0.5, 0.6) is 0 Å². The predicted octanol–water partition coefficient (Wildman–Crippen LogP) is 3.34. The number of thiophene rings is 1. The van der Waals surface area contributed by atoms with E-state index in [0.29, 0.717) is 0 Å². The number of nitrogens with zero attached hydrogens (tertiary/aromatic N) is 1. The Labute approximate surface area is 81.2 Å². The Bertz CT molecular complexity index is 476. The molecule has 0 aliphatic heterocycles. The highest BCUT2D eigenvalue weighted by Crippen LogP contribution is 2.25. The maximum atomic E-state index is 8.73. The van der Waals surface area contributed by atoms with Crippen LogP contribution in [0.1, 0.15) is 17.4 Å². The lowest BCUT2D eigenvalue weighted by Gasteiger charge is -1.94. The molecule has 0 aliphatic carbocycles. The molecule has 1 aromatic heterocycles. The molecule has 0 bridgehead atoms. The minimum atomic E-state index is 0.795. The van der Waals surface area contributed by atoms with E-state index in [0.717, 1.165) is 11.3 Å². The molecule has 1 heterocycles. The Morgan fingerprint density at radius 1 is 1.38 bits per heavy atom. The monoisotopic (exact) mass is 187 g/mol. The molecule has 0 N–H and O–H groups in total. The van der Waals surface area contributed by atoms with Crippen molar-refractivity contribution in [2.45, 2.75) is 13.3 Å². The normalized spacial score (nSPS) is 10.2. The topological polar surface area (TPSA) is 23.8 Å². The van der Waals surface area contributed by atoms with Crippen LogP contribution in [0.25, 0.3) is 10.1 Å². The molecule has 0 fully saturated rings. The van der Waals surface area contributed by atoms with Gasteiger partial charge in [-0.15, -0.1) is 11.3 Å². The minimum Gasteiger partial charge on any atom is -0.192 e. The lowest BCUT2D eigenvalue weighted by molar-refractivity contribution is 1.15. The van der Waals surface area contributed by atoms with Gasteiger partial charge < -0.3 is 0 Å². The van der Waals surface area contributed by atoms with Crippen molar-refractivity contribution in [1.29, 1.82) is 5.26 Å². The molecule has 1 aromatic carbocycles. The number of rotatable bonds is 1. The maximum absolute atomic E-state index is 8.73. The Morgan fingerprint density at radius 3 is 2.92 bits per heavy atom. The van der Waals surface area contributed by atoms with Gasteiger partial charge in [-0.25, -0.2) is 0 Å². The Kier molecular flexibility index (Phi) is 2.03. The summed E-state index contributed by atoms with van der Waals surface area (Å²) in [5.74, 6) is 0. The second kappa shape index (κ2) is 3.20. The van der Waals surface area contributed by atoms with Crippen molar-refractivity contribution in [2.75, 3.05) is 0 Å². The van der Waals surface area contributed by atoms with Gasteiger partial charge in [0.15, 0.2) is 0 Å². The summed E-state index contributed by atoms with van der Waals surface area (Å²) in [7, 11) is 0. The van der Waals surface area contributed by atoms with Gasteiger partial charge in [-0.05, 0) is 29.5 Å². The molecule has 64 valence electrons. The molecule has 2 heteroatoms. The Hall–Kier alpha value is -1.33. The van der Waals surface area contributed by atoms with Crippen LogP contribution in [0.15, 0.2) is 24.3 Å². The maximum Gasteiger partial charge on any atom is 0.110 e. The number of fused-ring (bicyclic) bond motifs is 1. The van der Waals surface area contributed by atoms with Gasteiger partial charge in [0.2, 0.25) is 0 Å². The van der Waals surface area contributed by atoms with Crippen molar-refractivity contribution in [3.8, 4) is 6.07 Å². The average molecular weight is 187 g/mol. The fourth-order valence-corrected chi connectivity index (χ4v) is 2.21. The van der Waals surface area contributed by atoms with Gasteiger partial charge in [-0.2, -0.15) is 5.26 Å². The number of nitriles is 1. The highest BCUT2D eigenvalue weighted by atomic mass is 32.1. The highest BCUT2D eigenvalue weighted by Gasteiger charge is 2.00. The molecule has 2 rings (SSSR count).